The smallest absolute Gasteiger partial charge is 0.286 e. The summed E-state index contributed by atoms with van der Waals surface area (Å²) in [5.74, 6) is -1.26. The maximum Gasteiger partial charge on any atom is 0.286 e. The average Bonchev–Trinajstić information content (AvgIpc) is 2.35. The number of nitrogens with zero attached hydrogens (tertiary/aromatic N) is 1. The molecule has 6 heteroatoms. The molecule has 2 aromatic rings. The van der Waals surface area contributed by atoms with Crippen LogP contribution in [0.4, 0.5) is 8.78 Å². The van der Waals surface area contributed by atoms with Crippen LogP contribution < -0.4 is 10.3 Å². The fraction of sp³-hybridized carbons (Fsp3) is 0.154. The average molecular weight is 330 g/mol. The van der Waals surface area contributed by atoms with Gasteiger partial charge in [-0.3, -0.25) is 4.79 Å². The highest BCUT2D eigenvalue weighted by Crippen LogP contribution is 2.18. The largest absolute Gasteiger partial charge is 0.494 e. The van der Waals surface area contributed by atoms with Gasteiger partial charge in [0, 0.05) is 10.7 Å². The van der Waals surface area contributed by atoms with Crippen LogP contribution in [0.1, 0.15) is 5.56 Å². The molecule has 0 saturated heterocycles. The van der Waals surface area contributed by atoms with Crippen LogP contribution in [0, 0.1) is 11.6 Å². The van der Waals surface area contributed by atoms with Gasteiger partial charge in [0.25, 0.3) is 5.56 Å². The molecule has 0 aliphatic rings. The first-order chi connectivity index (χ1) is 9.01. The second-order valence-corrected chi connectivity index (χ2v) is 4.82. The number of aromatic nitrogens is 1. The van der Waals surface area contributed by atoms with Gasteiger partial charge in [-0.15, -0.1) is 0 Å². The van der Waals surface area contributed by atoms with Gasteiger partial charge in [0.1, 0.15) is 0 Å². The Kier molecular flexibility index (Phi) is 3.99. The molecule has 0 spiro atoms. The van der Waals surface area contributed by atoms with E-state index in [1.54, 1.807) is 6.07 Å². The first-order valence-electron chi connectivity index (χ1n) is 5.39. The van der Waals surface area contributed by atoms with Gasteiger partial charge in [0.05, 0.1) is 13.7 Å². The monoisotopic (exact) mass is 329 g/mol. The fourth-order valence-electron chi connectivity index (χ4n) is 1.69. The molecule has 0 fully saturated rings. The summed E-state index contributed by atoms with van der Waals surface area (Å²) in [7, 11) is 1.37. The third-order valence-corrected chi connectivity index (χ3v) is 3.01. The second kappa shape index (κ2) is 5.52. The molecule has 0 aliphatic carbocycles. The number of methoxy groups -OCH3 is 1. The minimum absolute atomic E-state index is 0.0795. The summed E-state index contributed by atoms with van der Waals surface area (Å²) in [6, 6.07) is 5.43. The van der Waals surface area contributed by atoms with Crippen LogP contribution in [0.3, 0.4) is 0 Å². The van der Waals surface area contributed by atoms with Crippen LogP contribution >= 0.6 is 15.9 Å². The summed E-state index contributed by atoms with van der Waals surface area (Å²) in [6.07, 6.45) is 1.45. The molecular weight excluding hydrogens is 320 g/mol. The Morgan fingerprint density at radius 2 is 2.00 bits per heavy atom. The number of halogens is 3. The summed E-state index contributed by atoms with van der Waals surface area (Å²) in [4.78, 5) is 11.6. The Bertz CT molecular complexity index is 670. The molecule has 100 valence electrons. The molecule has 0 bridgehead atoms. The van der Waals surface area contributed by atoms with Gasteiger partial charge in [-0.2, -0.15) is 0 Å². The van der Waals surface area contributed by atoms with Gasteiger partial charge < -0.3 is 9.30 Å². The summed E-state index contributed by atoms with van der Waals surface area (Å²) in [5, 5.41) is 0. The van der Waals surface area contributed by atoms with Crippen molar-refractivity contribution in [2.75, 3.05) is 7.11 Å². The fourth-order valence-corrected chi connectivity index (χ4v) is 2.14. The Labute approximate surface area is 116 Å². The van der Waals surface area contributed by atoms with Gasteiger partial charge in [0.15, 0.2) is 17.4 Å². The molecule has 1 aromatic heterocycles. The molecule has 2 rings (SSSR count). The molecule has 3 nitrogen and oxygen atoms in total. The van der Waals surface area contributed by atoms with Crippen LogP contribution in [0.2, 0.25) is 0 Å². The predicted molar refractivity (Wildman–Crippen MR) is 70.4 cm³/mol. The third kappa shape index (κ3) is 3.01. The van der Waals surface area contributed by atoms with Crippen molar-refractivity contribution in [3.8, 4) is 5.75 Å². The van der Waals surface area contributed by atoms with Crippen molar-refractivity contribution in [2.45, 2.75) is 6.54 Å². The Morgan fingerprint density at radius 3 is 2.63 bits per heavy atom. The summed E-state index contributed by atoms with van der Waals surface area (Å²) >= 11 is 3.10. The molecular formula is C13H10BrF2NO2. The predicted octanol–water partition coefficient (Wildman–Crippen LogP) is 2.95. The van der Waals surface area contributed by atoms with Crippen LogP contribution in [0.25, 0.3) is 0 Å². The summed E-state index contributed by atoms with van der Waals surface area (Å²) in [6.45, 7) is 0.0795. The van der Waals surface area contributed by atoms with E-state index in [1.165, 1.54) is 30.0 Å². The Hall–Kier alpha value is -1.69. The Balaban J connectivity index is 2.36. The zero-order chi connectivity index (χ0) is 14.0. The van der Waals surface area contributed by atoms with Gasteiger partial charge >= 0.3 is 0 Å². The van der Waals surface area contributed by atoms with Crippen LogP contribution in [-0.2, 0) is 6.54 Å². The third-order valence-electron chi connectivity index (χ3n) is 2.58. The minimum Gasteiger partial charge on any atom is -0.494 e. The topological polar surface area (TPSA) is 31.2 Å². The van der Waals surface area contributed by atoms with E-state index in [1.807, 2.05) is 0 Å². The number of rotatable bonds is 3. The number of hydrogen-bond acceptors (Lipinski definition) is 2. The molecule has 1 aromatic carbocycles. The van der Waals surface area contributed by atoms with Crippen LogP contribution in [-0.4, -0.2) is 11.7 Å². The summed E-state index contributed by atoms with van der Waals surface area (Å²) in [5.41, 5.74) is -0.211. The van der Waals surface area contributed by atoms with E-state index >= 15 is 0 Å². The van der Waals surface area contributed by atoms with E-state index in [4.69, 9.17) is 4.74 Å². The maximum absolute atomic E-state index is 13.5. The molecule has 19 heavy (non-hydrogen) atoms. The van der Waals surface area contributed by atoms with Crippen molar-refractivity contribution in [3.05, 3.63) is 62.5 Å². The van der Waals surface area contributed by atoms with Crippen molar-refractivity contribution in [1.29, 1.82) is 0 Å². The van der Waals surface area contributed by atoms with E-state index in [0.29, 0.717) is 10.0 Å². The van der Waals surface area contributed by atoms with Crippen molar-refractivity contribution < 1.29 is 13.5 Å². The van der Waals surface area contributed by atoms with Crippen LogP contribution in [0.5, 0.6) is 5.75 Å². The quantitative estimate of drug-likeness (QED) is 0.866. The van der Waals surface area contributed by atoms with Gasteiger partial charge in [-0.1, -0.05) is 6.07 Å². The lowest BCUT2D eigenvalue weighted by atomic mass is 10.2. The molecule has 0 atom stereocenters. The molecule has 0 radical (unpaired) electrons. The number of ether oxygens (including phenoxy) is 1. The standard InChI is InChI=1S/C13H10BrF2NO2/c1-19-12-3-2-8(4-10(12)15)6-17-7-9(14)5-11(16)13(17)18/h2-5,7H,6H2,1H3. The lowest BCUT2D eigenvalue weighted by molar-refractivity contribution is 0.386. The highest BCUT2D eigenvalue weighted by molar-refractivity contribution is 9.10. The minimum atomic E-state index is -0.858. The van der Waals surface area contributed by atoms with Crippen molar-refractivity contribution in [2.24, 2.45) is 0 Å². The molecule has 0 saturated carbocycles. The second-order valence-electron chi connectivity index (χ2n) is 3.91. The highest BCUT2D eigenvalue weighted by atomic mass is 79.9. The van der Waals surface area contributed by atoms with Gasteiger partial charge in [-0.25, -0.2) is 8.78 Å². The lowest BCUT2D eigenvalue weighted by Gasteiger charge is -2.08. The Morgan fingerprint density at radius 1 is 1.26 bits per heavy atom. The molecule has 0 unspecified atom stereocenters. The summed E-state index contributed by atoms with van der Waals surface area (Å²) < 4.78 is 33.2. The molecule has 0 amide bonds. The first kappa shape index (κ1) is 13.7. The first-order valence-corrected chi connectivity index (χ1v) is 6.18. The molecule has 0 aliphatic heterocycles. The van der Waals surface area contributed by atoms with E-state index in [-0.39, 0.29) is 12.3 Å². The van der Waals surface area contributed by atoms with Crippen molar-refractivity contribution in [3.63, 3.8) is 0 Å². The number of benzene rings is 1. The molecule has 0 N–H and O–H groups in total. The van der Waals surface area contributed by atoms with Gasteiger partial charge in [-0.05, 0) is 39.7 Å². The van der Waals surface area contributed by atoms with Crippen molar-refractivity contribution >= 4 is 15.9 Å². The van der Waals surface area contributed by atoms with E-state index in [2.05, 4.69) is 15.9 Å². The van der Waals surface area contributed by atoms with Crippen molar-refractivity contribution in [1.82, 2.24) is 4.57 Å². The number of pyridine rings is 1. The molecule has 1 heterocycles. The number of hydrogen-bond donors (Lipinski definition) is 0. The van der Waals surface area contributed by atoms with E-state index in [9.17, 15) is 13.6 Å². The zero-order valence-electron chi connectivity index (χ0n) is 9.99. The normalized spacial score (nSPS) is 10.5. The maximum atomic E-state index is 13.5. The van der Waals surface area contributed by atoms with E-state index in [0.717, 1.165) is 6.07 Å². The lowest BCUT2D eigenvalue weighted by Crippen LogP contribution is -2.23. The van der Waals surface area contributed by atoms with E-state index < -0.39 is 17.2 Å². The highest BCUT2D eigenvalue weighted by Gasteiger charge is 2.08. The van der Waals surface area contributed by atoms with Crippen LogP contribution in [0.15, 0.2) is 39.7 Å². The zero-order valence-corrected chi connectivity index (χ0v) is 11.6. The SMILES string of the molecule is COc1ccc(Cn2cc(Br)cc(F)c2=O)cc1F. The van der Waals surface area contributed by atoms with Gasteiger partial charge in [0.2, 0.25) is 0 Å².